The number of sulfonamides is 1. The van der Waals surface area contributed by atoms with Gasteiger partial charge in [-0.25, -0.2) is 18.1 Å². The topological polar surface area (TPSA) is 101 Å². The van der Waals surface area contributed by atoms with Crippen LogP contribution in [0.15, 0.2) is 71.6 Å². The van der Waals surface area contributed by atoms with Crippen molar-refractivity contribution in [3.63, 3.8) is 0 Å². The van der Waals surface area contributed by atoms with E-state index in [-0.39, 0.29) is 28.6 Å². The fourth-order valence-corrected chi connectivity index (χ4v) is 7.22. The second-order valence-electron chi connectivity index (χ2n) is 9.46. The summed E-state index contributed by atoms with van der Waals surface area (Å²) in [6.45, 7) is 0. The smallest absolute Gasteiger partial charge is 0.337 e. The average molecular weight is 521 g/mol. The number of nitrogens with zero attached hydrogens (tertiary/aromatic N) is 2. The number of hydrogen-bond donors (Lipinski definition) is 0. The zero-order valence-corrected chi connectivity index (χ0v) is 21.3. The molecule has 0 radical (unpaired) electrons. The predicted octanol–water partition coefficient (Wildman–Crippen LogP) is 4.28. The fourth-order valence-electron chi connectivity index (χ4n) is 5.35. The monoisotopic (exact) mass is 520 g/mol. The van der Waals surface area contributed by atoms with E-state index in [1.807, 2.05) is 24.3 Å². The number of amides is 2. The van der Waals surface area contributed by atoms with Crippen LogP contribution in [0, 0.1) is 0 Å². The molecule has 1 unspecified atom stereocenters. The lowest BCUT2D eigenvalue weighted by Gasteiger charge is -2.36. The highest BCUT2D eigenvalue weighted by atomic mass is 32.2. The van der Waals surface area contributed by atoms with Gasteiger partial charge in [0, 0.05) is 6.04 Å². The lowest BCUT2D eigenvalue weighted by atomic mass is 9.94. The Balaban J connectivity index is 1.52. The maximum absolute atomic E-state index is 14.1. The molecule has 0 bridgehead atoms. The standard InChI is InChI=1S/C28H28N2O6S/c1-36-28(33)20-11-14-22(15-12-20)29-26(31)18-25(27(29)32)30(23-9-3-2-4-10-23)37(34,35)24-16-13-19-7-5-6-8-21(19)17-24/h5-8,11-17,23,25H,2-4,9-10,18H2,1H3. The summed E-state index contributed by atoms with van der Waals surface area (Å²) in [4.78, 5) is 39.7. The number of fused-ring (bicyclic) bond motifs is 1. The summed E-state index contributed by atoms with van der Waals surface area (Å²) in [5.41, 5.74) is 0.571. The minimum Gasteiger partial charge on any atom is -0.465 e. The summed E-state index contributed by atoms with van der Waals surface area (Å²) in [6.07, 6.45) is 3.78. The van der Waals surface area contributed by atoms with Crippen LogP contribution in [0.1, 0.15) is 48.9 Å². The molecule has 2 amide bonds. The minimum absolute atomic E-state index is 0.109. The quantitative estimate of drug-likeness (QED) is 0.355. The van der Waals surface area contributed by atoms with Gasteiger partial charge in [0.25, 0.3) is 5.91 Å². The zero-order chi connectivity index (χ0) is 26.2. The van der Waals surface area contributed by atoms with Crippen molar-refractivity contribution >= 4 is 44.3 Å². The summed E-state index contributed by atoms with van der Waals surface area (Å²) < 4.78 is 34.2. The van der Waals surface area contributed by atoms with Gasteiger partial charge in [-0.1, -0.05) is 49.6 Å². The summed E-state index contributed by atoms with van der Waals surface area (Å²) in [5.74, 6) is -1.59. The fraction of sp³-hybridized carbons (Fsp3) is 0.321. The molecule has 8 nitrogen and oxygen atoms in total. The van der Waals surface area contributed by atoms with Crippen LogP contribution in [0.2, 0.25) is 0 Å². The third kappa shape index (κ3) is 4.65. The Bertz CT molecular complexity index is 1460. The van der Waals surface area contributed by atoms with Crippen LogP contribution in [0.5, 0.6) is 0 Å². The van der Waals surface area contributed by atoms with Gasteiger partial charge in [-0.3, -0.25) is 9.59 Å². The van der Waals surface area contributed by atoms with Gasteiger partial charge in [0.05, 0.1) is 29.7 Å². The van der Waals surface area contributed by atoms with E-state index in [9.17, 15) is 22.8 Å². The molecule has 5 rings (SSSR count). The minimum atomic E-state index is -4.09. The van der Waals surface area contributed by atoms with Gasteiger partial charge >= 0.3 is 5.97 Å². The second kappa shape index (κ2) is 10.1. The van der Waals surface area contributed by atoms with Gasteiger partial charge in [-0.05, 0) is 60.0 Å². The Morgan fingerprint density at radius 2 is 1.59 bits per heavy atom. The van der Waals surface area contributed by atoms with Crippen LogP contribution in [-0.4, -0.2) is 49.7 Å². The molecule has 2 aliphatic rings. The van der Waals surface area contributed by atoms with Crippen LogP contribution in [0.3, 0.4) is 0 Å². The Morgan fingerprint density at radius 3 is 2.27 bits per heavy atom. The van der Waals surface area contributed by atoms with Gasteiger partial charge in [-0.2, -0.15) is 4.31 Å². The predicted molar refractivity (Wildman–Crippen MR) is 139 cm³/mol. The van der Waals surface area contributed by atoms with E-state index in [4.69, 9.17) is 4.74 Å². The molecule has 0 N–H and O–H groups in total. The van der Waals surface area contributed by atoms with E-state index in [2.05, 4.69) is 0 Å². The number of esters is 1. The Hall–Kier alpha value is -3.56. The molecule has 1 aliphatic heterocycles. The van der Waals surface area contributed by atoms with E-state index in [0.717, 1.165) is 34.9 Å². The van der Waals surface area contributed by atoms with Crippen molar-refractivity contribution in [3.05, 3.63) is 72.3 Å². The van der Waals surface area contributed by atoms with Gasteiger partial charge in [0.1, 0.15) is 6.04 Å². The maximum Gasteiger partial charge on any atom is 0.337 e. The average Bonchev–Trinajstić information content (AvgIpc) is 3.21. The molecule has 3 aromatic carbocycles. The van der Waals surface area contributed by atoms with Crippen LogP contribution in [0.25, 0.3) is 10.8 Å². The normalized spacial score (nSPS) is 19.1. The van der Waals surface area contributed by atoms with Gasteiger partial charge in [0.2, 0.25) is 15.9 Å². The van der Waals surface area contributed by atoms with Crippen molar-refractivity contribution in [3.8, 4) is 0 Å². The van der Waals surface area contributed by atoms with E-state index >= 15 is 0 Å². The molecule has 0 spiro atoms. The van der Waals surface area contributed by atoms with Crippen molar-refractivity contribution in [2.75, 3.05) is 12.0 Å². The van der Waals surface area contributed by atoms with Crippen LogP contribution in [0.4, 0.5) is 5.69 Å². The molecule has 3 aromatic rings. The zero-order valence-electron chi connectivity index (χ0n) is 20.5. The van der Waals surface area contributed by atoms with Crippen LogP contribution < -0.4 is 4.90 Å². The highest BCUT2D eigenvalue weighted by Gasteiger charge is 2.49. The Labute approximate surface area is 215 Å². The first kappa shape index (κ1) is 25.1. The third-order valence-electron chi connectivity index (χ3n) is 7.21. The lowest BCUT2D eigenvalue weighted by Crippen LogP contribution is -2.51. The van der Waals surface area contributed by atoms with E-state index in [0.29, 0.717) is 12.8 Å². The third-order valence-corrected chi connectivity index (χ3v) is 9.16. The molecular formula is C28H28N2O6S. The highest BCUT2D eigenvalue weighted by Crippen LogP contribution is 2.35. The molecule has 37 heavy (non-hydrogen) atoms. The number of carbonyl (C=O) groups is 3. The van der Waals surface area contributed by atoms with Gasteiger partial charge in [0.15, 0.2) is 0 Å². The number of methoxy groups -OCH3 is 1. The number of rotatable bonds is 6. The molecular weight excluding hydrogens is 492 g/mol. The van der Waals surface area contributed by atoms with Crippen LogP contribution >= 0.6 is 0 Å². The molecule has 1 saturated heterocycles. The molecule has 1 saturated carbocycles. The van der Waals surface area contributed by atoms with Gasteiger partial charge in [-0.15, -0.1) is 0 Å². The molecule has 1 heterocycles. The number of anilines is 1. The van der Waals surface area contributed by atoms with Crippen molar-refractivity contribution in [2.24, 2.45) is 0 Å². The van der Waals surface area contributed by atoms with E-state index in [1.54, 1.807) is 18.2 Å². The lowest BCUT2D eigenvalue weighted by molar-refractivity contribution is -0.122. The SMILES string of the molecule is COC(=O)c1ccc(N2C(=O)CC(N(C3CCCCC3)S(=O)(=O)c3ccc4ccccc4c3)C2=O)cc1. The largest absolute Gasteiger partial charge is 0.465 e. The first-order valence-electron chi connectivity index (χ1n) is 12.4. The Morgan fingerprint density at radius 1 is 0.919 bits per heavy atom. The van der Waals surface area contributed by atoms with E-state index < -0.39 is 33.8 Å². The van der Waals surface area contributed by atoms with Crippen molar-refractivity contribution in [1.82, 2.24) is 4.31 Å². The molecule has 2 fully saturated rings. The first-order chi connectivity index (χ1) is 17.8. The van der Waals surface area contributed by atoms with Gasteiger partial charge < -0.3 is 4.74 Å². The number of imide groups is 1. The van der Waals surface area contributed by atoms with Crippen molar-refractivity contribution in [2.45, 2.75) is 55.5 Å². The number of benzene rings is 3. The summed E-state index contributed by atoms with van der Waals surface area (Å²) in [7, 11) is -2.82. The van der Waals surface area contributed by atoms with Crippen molar-refractivity contribution in [1.29, 1.82) is 0 Å². The number of carbonyl (C=O) groups excluding carboxylic acids is 3. The highest BCUT2D eigenvalue weighted by molar-refractivity contribution is 7.89. The molecule has 9 heteroatoms. The van der Waals surface area contributed by atoms with Crippen LogP contribution in [-0.2, 0) is 24.3 Å². The maximum atomic E-state index is 14.1. The Kier molecular flexibility index (Phi) is 6.83. The second-order valence-corrected chi connectivity index (χ2v) is 11.3. The number of ether oxygens (including phenoxy) is 1. The molecule has 192 valence electrons. The first-order valence-corrected chi connectivity index (χ1v) is 13.8. The molecule has 1 atom stereocenters. The summed E-state index contributed by atoms with van der Waals surface area (Å²) >= 11 is 0. The summed E-state index contributed by atoms with van der Waals surface area (Å²) in [5, 5.41) is 1.70. The van der Waals surface area contributed by atoms with E-state index in [1.165, 1.54) is 35.7 Å². The molecule has 0 aromatic heterocycles. The molecule has 1 aliphatic carbocycles. The number of hydrogen-bond acceptors (Lipinski definition) is 6. The van der Waals surface area contributed by atoms with Crippen molar-refractivity contribution < 1.29 is 27.5 Å². The summed E-state index contributed by atoms with van der Waals surface area (Å²) in [6, 6.07) is 16.9.